The zero-order valence-corrected chi connectivity index (χ0v) is 18.1. The van der Waals surface area contributed by atoms with E-state index < -0.39 is 0 Å². The summed E-state index contributed by atoms with van der Waals surface area (Å²) >= 11 is 7.32. The maximum Gasteiger partial charge on any atom is 0.266 e. The molecule has 1 aromatic heterocycles. The standard InChI is InChI=1S/C21H22ClN3O3S/c1-4-24(5-2)19(26)13-29-21-23-16-12-14(22)10-11-15(16)20(27)25(21)17-8-6-7-9-18(17)28-3/h6-12H,4-5,13H2,1-3H3. The molecule has 0 saturated heterocycles. The number of para-hydroxylation sites is 2. The molecule has 0 spiro atoms. The van der Waals surface area contributed by atoms with E-state index in [2.05, 4.69) is 4.98 Å². The molecule has 0 fully saturated rings. The number of nitrogens with zero attached hydrogens (tertiary/aromatic N) is 3. The highest BCUT2D eigenvalue weighted by Gasteiger charge is 2.18. The Hall–Kier alpha value is -2.51. The first-order valence-electron chi connectivity index (χ1n) is 9.26. The summed E-state index contributed by atoms with van der Waals surface area (Å²) in [7, 11) is 1.55. The number of fused-ring (bicyclic) bond motifs is 1. The van der Waals surface area contributed by atoms with Crippen LogP contribution in [0.2, 0.25) is 5.02 Å². The van der Waals surface area contributed by atoms with Gasteiger partial charge in [-0.1, -0.05) is 35.5 Å². The van der Waals surface area contributed by atoms with Crippen molar-refractivity contribution in [3.8, 4) is 11.4 Å². The number of thioether (sulfide) groups is 1. The first-order chi connectivity index (χ1) is 14.0. The van der Waals surface area contributed by atoms with Gasteiger partial charge in [-0.2, -0.15) is 0 Å². The van der Waals surface area contributed by atoms with Crippen molar-refractivity contribution in [2.24, 2.45) is 0 Å². The first kappa shape index (κ1) is 21.2. The van der Waals surface area contributed by atoms with Gasteiger partial charge in [-0.3, -0.25) is 14.2 Å². The van der Waals surface area contributed by atoms with Gasteiger partial charge in [0.1, 0.15) is 5.75 Å². The Morgan fingerprint density at radius 1 is 1.21 bits per heavy atom. The third-order valence-corrected chi connectivity index (χ3v) is 5.73. The molecule has 8 heteroatoms. The van der Waals surface area contributed by atoms with E-state index in [1.165, 1.54) is 16.3 Å². The third-order valence-electron chi connectivity index (χ3n) is 4.57. The summed E-state index contributed by atoms with van der Waals surface area (Å²) in [4.78, 5) is 32.2. The summed E-state index contributed by atoms with van der Waals surface area (Å²) in [5.74, 6) is 0.712. The third kappa shape index (κ3) is 4.41. The van der Waals surface area contributed by atoms with E-state index >= 15 is 0 Å². The van der Waals surface area contributed by atoms with Crippen molar-refractivity contribution >= 4 is 40.2 Å². The monoisotopic (exact) mass is 431 g/mol. The van der Waals surface area contributed by atoms with E-state index in [0.717, 1.165) is 0 Å². The predicted octanol–water partition coefficient (Wildman–Crippen LogP) is 4.01. The predicted molar refractivity (Wildman–Crippen MR) is 118 cm³/mol. The molecule has 0 N–H and O–H groups in total. The van der Waals surface area contributed by atoms with Gasteiger partial charge in [0.05, 0.1) is 29.5 Å². The number of methoxy groups -OCH3 is 1. The number of carbonyl (C=O) groups excluding carboxylic acids is 1. The van der Waals surface area contributed by atoms with E-state index in [1.54, 1.807) is 42.3 Å². The molecular weight excluding hydrogens is 410 g/mol. The van der Waals surface area contributed by atoms with Gasteiger partial charge in [-0.25, -0.2) is 4.98 Å². The van der Waals surface area contributed by atoms with Crippen LogP contribution in [0.1, 0.15) is 13.8 Å². The SMILES string of the molecule is CCN(CC)C(=O)CSc1nc2cc(Cl)ccc2c(=O)n1-c1ccccc1OC. The van der Waals surface area contributed by atoms with Crippen molar-refractivity contribution in [2.75, 3.05) is 26.0 Å². The van der Waals surface area contributed by atoms with Gasteiger partial charge >= 0.3 is 0 Å². The normalized spacial score (nSPS) is 10.9. The Balaban J connectivity index is 2.16. The van der Waals surface area contributed by atoms with Crippen LogP contribution in [0.25, 0.3) is 16.6 Å². The summed E-state index contributed by atoms with van der Waals surface area (Å²) in [6.07, 6.45) is 0. The number of hydrogen-bond acceptors (Lipinski definition) is 5. The number of rotatable bonds is 7. The zero-order valence-electron chi connectivity index (χ0n) is 16.5. The van der Waals surface area contributed by atoms with Crippen molar-refractivity contribution in [3.05, 3.63) is 57.8 Å². The lowest BCUT2D eigenvalue weighted by Crippen LogP contribution is -2.32. The molecule has 0 aliphatic carbocycles. The Kier molecular flexibility index (Phi) is 6.82. The lowest BCUT2D eigenvalue weighted by atomic mass is 10.2. The Morgan fingerprint density at radius 2 is 1.93 bits per heavy atom. The van der Waals surface area contributed by atoms with E-state index in [-0.39, 0.29) is 17.2 Å². The summed E-state index contributed by atoms with van der Waals surface area (Å²) in [5.41, 5.74) is 0.822. The van der Waals surface area contributed by atoms with Crippen LogP contribution in [0.15, 0.2) is 52.4 Å². The van der Waals surface area contributed by atoms with Crippen molar-refractivity contribution < 1.29 is 9.53 Å². The molecule has 1 amide bonds. The van der Waals surface area contributed by atoms with Gasteiger partial charge in [0, 0.05) is 18.1 Å². The van der Waals surface area contributed by atoms with Gasteiger partial charge in [-0.05, 0) is 44.2 Å². The van der Waals surface area contributed by atoms with Crippen LogP contribution < -0.4 is 10.3 Å². The van der Waals surface area contributed by atoms with Gasteiger partial charge in [0.25, 0.3) is 5.56 Å². The molecular formula is C21H22ClN3O3S. The fourth-order valence-corrected chi connectivity index (χ4v) is 4.13. The number of ether oxygens (including phenoxy) is 1. The van der Waals surface area contributed by atoms with Crippen molar-refractivity contribution in [1.29, 1.82) is 0 Å². The average Bonchev–Trinajstić information content (AvgIpc) is 2.73. The second-order valence-electron chi connectivity index (χ2n) is 6.22. The highest BCUT2D eigenvalue weighted by molar-refractivity contribution is 7.99. The fraction of sp³-hybridized carbons (Fsp3) is 0.286. The molecule has 2 aromatic carbocycles. The van der Waals surface area contributed by atoms with Crippen LogP contribution in [0.3, 0.4) is 0 Å². The number of amides is 1. The van der Waals surface area contributed by atoms with Crippen LogP contribution in [0, 0.1) is 0 Å². The smallest absolute Gasteiger partial charge is 0.266 e. The molecule has 0 radical (unpaired) electrons. The maximum atomic E-state index is 13.3. The van der Waals surface area contributed by atoms with Gasteiger partial charge in [0.15, 0.2) is 5.16 Å². The summed E-state index contributed by atoms with van der Waals surface area (Å²) < 4.78 is 6.94. The number of halogens is 1. The summed E-state index contributed by atoms with van der Waals surface area (Å²) in [6, 6.07) is 12.2. The molecule has 0 bridgehead atoms. The van der Waals surface area contributed by atoms with E-state index in [4.69, 9.17) is 16.3 Å². The summed E-state index contributed by atoms with van der Waals surface area (Å²) in [5, 5.41) is 1.35. The molecule has 6 nitrogen and oxygen atoms in total. The maximum absolute atomic E-state index is 13.3. The van der Waals surface area contributed by atoms with E-state index in [9.17, 15) is 9.59 Å². The van der Waals surface area contributed by atoms with Crippen LogP contribution in [0.5, 0.6) is 5.75 Å². The quantitative estimate of drug-likeness (QED) is 0.417. The van der Waals surface area contributed by atoms with Gasteiger partial charge in [0.2, 0.25) is 5.91 Å². The molecule has 0 aliphatic heterocycles. The molecule has 0 unspecified atom stereocenters. The van der Waals surface area contributed by atoms with Crippen molar-refractivity contribution in [1.82, 2.24) is 14.5 Å². The highest BCUT2D eigenvalue weighted by Crippen LogP contribution is 2.27. The number of aromatic nitrogens is 2. The molecule has 29 heavy (non-hydrogen) atoms. The van der Waals surface area contributed by atoms with E-state index in [1.807, 2.05) is 26.0 Å². The summed E-state index contributed by atoms with van der Waals surface area (Å²) in [6.45, 7) is 5.14. The molecule has 152 valence electrons. The topological polar surface area (TPSA) is 64.4 Å². The second kappa shape index (κ2) is 9.33. The van der Waals surface area contributed by atoms with Crippen molar-refractivity contribution in [3.63, 3.8) is 0 Å². The minimum absolute atomic E-state index is 0.00739. The largest absolute Gasteiger partial charge is 0.495 e. The number of carbonyl (C=O) groups is 1. The Bertz CT molecular complexity index is 1100. The molecule has 0 saturated carbocycles. The minimum Gasteiger partial charge on any atom is -0.495 e. The minimum atomic E-state index is -0.242. The Morgan fingerprint density at radius 3 is 2.62 bits per heavy atom. The van der Waals surface area contributed by atoms with Crippen LogP contribution in [0.4, 0.5) is 0 Å². The molecule has 3 rings (SSSR count). The van der Waals surface area contributed by atoms with Gasteiger partial charge < -0.3 is 9.64 Å². The van der Waals surface area contributed by atoms with Gasteiger partial charge in [-0.15, -0.1) is 0 Å². The molecule has 0 atom stereocenters. The number of hydrogen-bond donors (Lipinski definition) is 0. The zero-order chi connectivity index (χ0) is 21.0. The fourth-order valence-electron chi connectivity index (χ4n) is 3.06. The lowest BCUT2D eigenvalue weighted by Gasteiger charge is -2.19. The van der Waals surface area contributed by atoms with Crippen LogP contribution in [-0.2, 0) is 4.79 Å². The first-order valence-corrected chi connectivity index (χ1v) is 10.6. The molecule has 3 aromatic rings. The second-order valence-corrected chi connectivity index (χ2v) is 7.60. The average molecular weight is 432 g/mol. The van der Waals surface area contributed by atoms with E-state index in [0.29, 0.717) is 45.6 Å². The van der Waals surface area contributed by atoms with Crippen LogP contribution >= 0.6 is 23.4 Å². The lowest BCUT2D eigenvalue weighted by molar-refractivity contribution is -0.127. The number of benzene rings is 2. The van der Waals surface area contributed by atoms with Crippen LogP contribution in [-0.4, -0.2) is 46.3 Å². The van der Waals surface area contributed by atoms with Crippen molar-refractivity contribution in [2.45, 2.75) is 19.0 Å². The molecule has 0 aliphatic rings. The highest BCUT2D eigenvalue weighted by atomic mass is 35.5. The Labute approximate surface area is 178 Å². The molecule has 1 heterocycles.